The highest BCUT2D eigenvalue weighted by atomic mass is 16.6. The first-order valence-corrected chi connectivity index (χ1v) is 25.6. The molecule has 0 fully saturated rings. The smallest absolute Gasteiger partial charge is 0.437 e. The minimum absolute atomic E-state index is 0.00117. The van der Waals surface area contributed by atoms with Crippen LogP contribution >= 0.6 is 0 Å². The molecule has 1 aliphatic rings. The zero-order chi connectivity index (χ0) is 56.3. The Morgan fingerprint density at radius 3 is 1.49 bits per heavy atom. The van der Waals surface area contributed by atoms with Crippen LogP contribution in [0.25, 0.3) is 0 Å². The van der Waals surface area contributed by atoms with Crippen LogP contribution in [-0.4, -0.2) is 142 Å². The van der Waals surface area contributed by atoms with E-state index in [0.29, 0.717) is 69.6 Å². The Hall–Kier alpha value is -6.15. The summed E-state index contributed by atoms with van der Waals surface area (Å²) in [6, 6.07) is 7.25. The summed E-state index contributed by atoms with van der Waals surface area (Å²) in [6.07, 6.45) is -0.337. The van der Waals surface area contributed by atoms with Gasteiger partial charge < -0.3 is 33.2 Å². The van der Waals surface area contributed by atoms with Crippen LogP contribution in [-0.2, 0) is 28.4 Å². The van der Waals surface area contributed by atoms with Gasteiger partial charge in [-0.25, -0.2) is 38.6 Å². The molecule has 0 spiro atoms. The lowest BCUT2D eigenvalue weighted by Gasteiger charge is -2.34. The normalized spacial score (nSPS) is 13.6. The Morgan fingerprint density at radius 2 is 1.01 bits per heavy atom. The number of alkyl carbamates (subject to hydrolysis) is 2. The number of unbranched alkanes of at least 4 members (excludes halogenated alkanes) is 5. The molecule has 1 aromatic rings. The number of hydrogen-bond acceptors (Lipinski definition) is 15. The molecule has 2 N–H and O–H groups in total. The molecule has 0 unspecified atom stereocenters. The van der Waals surface area contributed by atoms with Crippen molar-refractivity contribution in [1.82, 2.24) is 25.3 Å². The molecule has 0 bridgehead atoms. The van der Waals surface area contributed by atoms with Crippen molar-refractivity contribution in [1.29, 1.82) is 0 Å². The van der Waals surface area contributed by atoms with Crippen molar-refractivity contribution in [2.45, 2.75) is 210 Å². The van der Waals surface area contributed by atoms with Crippen LogP contribution in [0.2, 0.25) is 0 Å². The number of amidine groups is 1. The number of carbonyl (C=O) groups excluding carboxylic acids is 6. The van der Waals surface area contributed by atoms with Crippen LogP contribution in [0, 0.1) is 0 Å². The van der Waals surface area contributed by atoms with Gasteiger partial charge in [-0.3, -0.25) is 25.5 Å². The van der Waals surface area contributed by atoms with Crippen molar-refractivity contribution in [3.8, 4) is 5.75 Å². The number of amides is 6. The molecule has 2 rings (SSSR count). The number of aliphatic imine (C=N–C) groups is 3. The highest BCUT2D eigenvalue weighted by molar-refractivity contribution is 6.07. The molecule has 0 radical (unpaired) electrons. The van der Waals surface area contributed by atoms with Gasteiger partial charge in [0.15, 0.2) is 0 Å². The average molecular weight is 1050 g/mol. The minimum Gasteiger partial charge on any atom is -0.494 e. The summed E-state index contributed by atoms with van der Waals surface area (Å²) < 4.78 is 39.6. The first kappa shape index (κ1) is 64.0. The van der Waals surface area contributed by atoms with E-state index in [2.05, 4.69) is 25.6 Å². The lowest BCUT2D eigenvalue weighted by molar-refractivity contribution is 0.0266. The van der Waals surface area contributed by atoms with Crippen molar-refractivity contribution in [3.05, 3.63) is 29.8 Å². The molecule has 0 aliphatic carbocycles. The second-order valence-corrected chi connectivity index (χ2v) is 23.7. The van der Waals surface area contributed by atoms with Crippen molar-refractivity contribution >= 4 is 54.3 Å². The number of carbonyl (C=O) groups is 6. The van der Waals surface area contributed by atoms with Crippen molar-refractivity contribution < 1.29 is 61.9 Å². The summed E-state index contributed by atoms with van der Waals surface area (Å²) in [4.78, 5) is 97.0. The van der Waals surface area contributed by atoms with Gasteiger partial charge in [0.1, 0.15) is 45.2 Å². The Labute approximate surface area is 439 Å². The lowest BCUT2D eigenvalue weighted by Crippen LogP contribution is -2.53. The average Bonchev–Trinajstić information content (AvgIpc) is 3.20. The van der Waals surface area contributed by atoms with E-state index in [0.717, 1.165) is 16.9 Å². The molecule has 0 saturated carbocycles. The van der Waals surface area contributed by atoms with Gasteiger partial charge in [0.05, 0.1) is 6.61 Å². The molecule has 21 heteroatoms. The maximum Gasteiger partial charge on any atom is 0.437 e. The van der Waals surface area contributed by atoms with Gasteiger partial charge in [0.25, 0.3) is 0 Å². The highest BCUT2D eigenvalue weighted by Crippen LogP contribution is 2.22. The minimum atomic E-state index is -1.03. The lowest BCUT2D eigenvalue weighted by atomic mass is 10.1. The number of nitrogens with one attached hydrogen (secondary N) is 2. The summed E-state index contributed by atoms with van der Waals surface area (Å²) in [7, 11) is 0. The van der Waals surface area contributed by atoms with Crippen LogP contribution in [0.3, 0.4) is 0 Å². The number of rotatable bonds is 15. The summed E-state index contributed by atoms with van der Waals surface area (Å²) >= 11 is 0. The van der Waals surface area contributed by atoms with Gasteiger partial charge in [-0.2, -0.15) is 0 Å². The van der Waals surface area contributed by atoms with Gasteiger partial charge in [0, 0.05) is 38.3 Å². The monoisotopic (exact) mass is 1040 g/mol. The van der Waals surface area contributed by atoms with E-state index in [1.54, 1.807) is 121 Å². The molecule has 1 aliphatic heterocycles. The van der Waals surface area contributed by atoms with E-state index in [-0.39, 0.29) is 38.2 Å². The summed E-state index contributed by atoms with van der Waals surface area (Å²) in [5.74, 6) is 0.667. The standard InChI is InChI=1S/C53H88N8O13/c1-48(2,3)69-42(62)56-40(57-43(63)70-49(4,5)6)55-31-22-20-19-21-23-33-60(46(66)73-52(13,14)15)41(58-44(64)71-50(7,8)9)61(47(67)74-53(16,17)18)34-24-25-36-68-38-29-27-37(28-30-38)39-54-32-26-35-59(39)45(65)72-51(10,11)12/h27-30H,19-26,31-36H2,1-18H3,(H2,55,56,57,62,63). The molecule has 1 heterocycles. The zero-order valence-corrected chi connectivity index (χ0v) is 47.7. The van der Waals surface area contributed by atoms with Crippen molar-refractivity contribution in [2.75, 3.05) is 39.3 Å². The fourth-order valence-electron chi connectivity index (χ4n) is 6.44. The van der Waals surface area contributed by atoms with E-state index >= 15 is 0 Å². The third kappa shape index (κ3) is 27.8. The van der Waals surface area contributed by atoms with Crippen LogP contribution in [0.1, 0.15) is 182 Å². The fraction of sp³-hybridized carbons (Fsp3) is 0.717. The summed E-state index contributed by atoms with van der Waals surface area (Å²) in [5.41, 5.74) is -4.38. The predicted octanol–water partition coefficient (Wildman–Crippen LogP) is 11.4. The second kappa shape index (κ2) is 27.9. The fourth-order valence-corrected chi connectivity index (χ4v) is 6.44. The van der Waals surface area contributed by atoms with Crippen LogP contribution in [0.4, 0.5) is 28.8 Å². The summed E-state index contributed by atoms with van der Waals surface area (Å²) in [5, 5.41) is 4.95. The Balaban J connectivity index is 2.32. The van der Waals surface area contributed by atoms with Gasteiger partial charge >= 0.3 is 36.6 Å². The topological polar surface area (TPSA) is 238 Å². The molecule has 1 aromatic carbocycles. The van der Waals surface area contributed by atoms with Crippen LogP contribution in [0.15, 0.2) is 39.2 Å². The molecule has 0 aromatic heterocycles. The highest BCUT2D eigenvalue weighted by Gasteiger charge is 2.36. The first-order chi connectivity index (χ1) is 33.9. The first-order valence-electron chi connectivity index (χ1n) is 25.6. The second-order valence-electron chi connectivity index (χ2n) is 23.7. The van der Waals surface area contributed by atoms with Gasteiger partial charge in [-0.05, 0) is 181 Å². The van der Waals surface area contributed by atoms with E-state index in [4.69, 9.17) is 33.2 Å². The van der Waals surface area contributed by atoms with Crippen LogP contribution in [0.5, 0.6) is 5.75 Å². The zero-order valence-electron chi connectivity index (χ0n) is 47.7. The van der Waals surface area contributed by atoms with Gasteiger partial charge in [0.2, 0.25) is 11.9 Å². The number of benzene rings is 1. The molecule has 0 atom stereocenters. The van der Waals surface area contributed by atoms with Crippen molar-refractivity contribution in [3.63, 3.8) is 0 Å². The number of guanidine groups is 2. The van der Waals surface area contributed by atoms with Crippen molar-refractivity contribution in [2.24, 2.45) is 15.0 Å². The number of nitrogens with zero attached hydrogens (tertiary/aromatic N) is 6. The van der Waals surface area contributed by atoms with Gasteiger partial charge in [-0.15, -0.1) is 4.99 Å². The third-order valence-corrected chi connectivity index (χ3v) is 9.17. The largest absolute Gasteiger partial charge is 0.494 e. The Kier molecular flexibility index (Phi) is 24.2. The molecule has 21 nitrogen and oxygen atoms in total. The SMILES string of the molecule is CC(C)(C)OC(=O)N=C(N(CCCCCCCN=C(NC(=O)OC(C)(C)C)NC(=O)OC(C)(C)C)C(=O)OC(C)(C)C)N(CCCCOc1ccc(C2=NCCCN2C(=O)OC(C)(C)C)cc1)C(=O)OC(C)(C)C. The van der Waals surface area contributed by atoms with Crippen LogP contribution < -0.4 is 15.4 Å². The number of ether oxygens (including phenoxy) is 7. The van der Waals surface area contributed by atoms with E-state index in [9.17, 15) is 28.8 Å². The molecular weight excluding hydrogens is 957 g/mol. The third-order valence-electron chi connectivity index (χ3n) is 9.17. The van der Waals surface area contributed by atoms with E-state index in [1.807, 2.05) is 32.9 Å². The Bertz CT molecular complexity index is 2080. The molecule has 0 saturated heterocycles. The number of hydrogen-bond donors (Lipinski definition) is 2. The van der Waals surface area contributed by atoms with E-state index in [1.165, 1.54) is 4.90 Å². The quantitative estimate of drug-likeness (QED) is 0.0720. The molecule has 74 heavy (non-hydrogen) atoms. The molecule has 418 valence electrons. The van der Waals surface area contributed by atoms with Gasteiger partial charge in [-0.1, -0.05) is 19.3 Å². The van der Waals surface area contributed by atoms with E-state index < -0.39 is 70.2 Å². The predicted molar refractivity (Wildman–Crippen MR) is 284 cm³/mol. The Morgan fingerprint density at radius 1 is 0.568 bits per heavy atom. The maximum atomic E-state index is 14.2. The molecule has 6 amide bonds. The molecular formula is C53H88N8O13. The maximum absolute atomic E-state index is 14.2. The summed E-state index contributed by atoms with van der Waals surface area (Å²) in [6.45, 7) is 32.5.